The number of benzene rings is 1. The van der Waals surface area contributed by atoms with Crippen molar-refractivity contribution in [2.45, 2.75) is 38.3 Å². The summed E-state index contributed by atoms with van der Waals surface area (Å²) >= 11 is 1.28. The van der Waals surface area contributed by atoms with E-state index in [4.69, 9.17) is 13.9 Å². The number of aliphatic carboxylic acids is 1. The van der Waals surface area contributed by atoms with Crippen LogP contribution in [-0.2, 0) is 32.1 Å². The van der Waals surface area contributed by atoms with E-state index in [1.165, 1.54) is 30.3 Å². The maximum Gasteiger partial charge on any atom is 0.352 e. The number of aryl methyl sites for hydroxylation is 1. The summed E-state index contributed by atoms with van der Waals surface area (Å²) in [4.78, 5) is 49.4. The normalized spacial score (nSPS) is 19.0. The molecule has 2 amide bonds. The molecule has 1 aromatic carbocycles. The highest BCUT2D eigenvalue weighted by Crippen LogP contribution is 2.40. The number of thioether (sulfide) groups is 1. The number of β-lactam (4-membered cyclic amide) rings is 1. The van der Waals surface area contributed by atoms with E-state index in [0.29, 0.717) is 17.1 Å². The van der Waals surface area contributed by atoms with Gasteiger partial charge in [-0.3, -0.25) is 19.3 Å². The van der Waals surface area contributed by atoms with Crippen LogP contribution in [-0.4, -0.2) is 57.5 Å². The van der Waals surface area contributed by atoms with Crippen LogP contribution in [0.1, 0.15) is 35.7 Å². The minimum Gasteiger partial charge on any atom is -0.486 e. The standard InChI is InChI=1S/C24H24N2O8S/c1-3-14-4-6-16(7-5-14)33-11-17-8-9-18(34-17)21(28)25-19-22(29)26-20(24(30)31)15(10-32-13(2)27)12-35-23(19)26/h4-9,19,23H,3,10-12H2,1-2H3,(H,25,28)(H,30,31). The average molecular weight is 501 g/mol. The van der Waals surface area contributed by atoms with Crippen molar-refractivity contribution >= 4 is 35.5 Å². The second kappa shape index (κ2) is 10.3. The van der Waals surface area contributed by atoms with Crippen LogP contribution in [0.3, 0.4) is 0 Å². The van der Waals surface area contributed by atoms with E-state index in [9.17, 15) is 24.3 Å². The molecule has 0 saturated carbocycles. The Labute approximate surface area is 205 Å². The number of amides is 2. The van der Waals surface area contributed by atoms with Crippen LogP contribution >= 0.6 is 11.8 Å². The molecule has 2 unspecified atom stereocenters. The maximum atomic E-state index is 12.7. The highest BCUT2D eigenvalue weighted by molar-refractivity contribution is 8.00. The number of esters is 1. The fraction of sp³-hybridized carbons (Fsp3) is 0.333. The molecule has 4 rings (SSSR count). The Kier molecular flexibility index (Phi) is 7.15. The third kappa shape index (κ3) is 5.19. The van der Waals surface area contributed by atoms with Gasteiger partial charge < -0.3 is 24.3 Å². The number of hydrogen-bond acceptors (Lipinski definition) is 8. The van der Waals surface area contributed by atoms with Gasteiger partial charge in [0.1, 0.15) is 41.8 Å². The van der Waals surface area contributed by atoms with Crippen molar-refractivity contribution in [1.82, 2.24) is 10.2 Å². The topological polar surface area (TPSA) is 135 Å². The van der Waals surface area contributed by atoms with Crippen LogP contribution in [0.4, 0.5) is 0 Å². The number of carboxylic acids is 1. The number of rotatable bonds is 9. The van der Waals surface area contributed by atoms with E-state index in [-0.39, 0.29) is 30.4 Å². The molecular formula is C24H24N2O8S. The first kappa shape index (κ1) is 24.4. The molecule has 184 valence electrons. The molecule has 1 fully saturated rings. The summed E-state index contributed by atoms with van der Waals surface area (Å²) in [5, 5.41) is 11.6. The first-order valence-electron chi connectivity index (χ1n) is 10.9. The quantitative estimate of drug-likeness (QED) is 0.393. The van der Waals surface area contributed by atoms with Gasteiger partial charge in [-0.2, -0.15) is 0 Å². The highest BCUT2D eigenvalue weighted by atomic mass is 32.2. The van der Waals surface area contributed by atoms with E-state index in [1.807, 2.05) is 24.3 Å². The average Bonchev–Trinajstić information content (AvgIpc) is 3.33. The number of hydrogen-bond donors (Lipinski definition) is 2. The third-order valence-corrected chi connectivity index (χ3v) is 6.92. The number of nitrogens with zero attached hydrogens (tertiary/aromatic N) is 1. The van der Waals surface area contributed by atoms with Crippen molar-refractivity contribution in [2.24, 2.45) is 0 Å². The van der Waals surface area contributed by atoms with Gasteiger partial charge in [-0.15, -0.1) is 11.8 Å². The first-order valence-corrected chi connectivity index (χ1v) is 12.0. The van der Waals surface area contributed by atoms with E-state index < -0.39 is 35.2 Å². The number of carbonyl (C=O) groups is 4. The van der Waals surface area contributed by atoms with Crippen molar-refractivity contribution in [3.63, 3.8) is 0 Å². The monoisotopic (exact) mass is 500 g/mol. The number of carboxylic acid groups (broad SMARTS) is 1. The van der Waals surface area contributed by atoms with E-state index in [1.54, 1.807) is 6.07 Å². The van der Waals surface area contributed by atoms with Gasteiger partial charge in [-0.1, -0.05) is 19.1 Å². The summed E-state index contributed by atoms with van der Waals surface area (Å²) in [6, 6.07) is 9.88. The van der Waals surface area contributed by atoms with Crippen molar-refractivity contribution in [1.29, 1.82) is 0 Å². The Balaban J connectivity index is 1.36. The minimum absolute atomic E-state index is 0.0153. The summed E-state index contributed by atoms with van der Waals surface area (Å²) < 4.78 is 16.2. The lowest BCUT2D eigenvalue weighted by atomic mass is 10.0. The zero-order valence-electron chi connectivity index (χ0n) is 19.1. The zero-order valence-corrected chi connectivity index (χ0v) is 19.9. The molecule has 11 heteroatoms. The highest BCUT2D eigenvalue weighted by Gasteiger charge is 2.54. The molecule has 10 nitrogen and oxygen atoms in total. The maximum absolute atomic E-state index is 12.7. The lowest BCUT2D eigenvalue weighted by molar-refractivity contribution is -0.149. The zero-order chi connectivity index (χ0) is 25.1. The molecule has 0 aliphatic carbocycles. The van der Waals surface area contributed by atoms with E-state index >= 15 is 0 Å². The van der Waals surface area contributed by atoms with Gasteiger partial charge >= 0.3 is 11.9 Å². The SMILES string of the molecule is CCc1ccc(OCc2ccc(C(=O)NC3C(=O)N4C(C(=O)O)=C(COC(C)=O)CSC34)o2)cc1. The van der Waals surface area contributed by atoms with E-state index in [0.717, 1.165) is 11.3 Å². The molecule has 2 aliphatic heterocycles. The van der Waals surface area contributed by atoms with Gasteiger partial charge in [0.05, 0.1) is 0 Å². The fourth-order valence-electron chi connectivity index (χ4n) is 3.75. The largest absolute Gasteiger partial charge is 0.486 e. The molecule has 2 aromatic rings. The van der Waals surface area contributed by atoms with Crippen molar-refractivity contribution in [2.75, 3.05) is 12.4 Å². The van der Waals surface area contributed by atoms with Crippen molar-refractivity contribution < 1.29 is 38.2 Å². The Morgan fingerprint density at radius 2 is 1.91 bits per heavy atom. The second-order valence-corrected chi connectivity index (χ2v) is 9.06. The lowest BCUT2D eigenvalue weighted by Crippen LogP contribution is -2.70. The Hall–Kier alpha value is -3.73. The molecule has 2 aliphatic rings. The first-order chi connectivity index (χ1) is 16.8. The number of carbonyl (C=O) groups excluding carboxylic acids is 3. The smallest absolute Gasteiger partial charge is 0.352 e. The molecule has 0 radical (unpaired) electrons. The molecular weight excluding hydrogens is 476 g/mol. The molecule has 1 aromatic heterocycles. The van der Waals surface area contributed by atoms with Crippen LogP contribution in [0, 0.1) is 0 Å². The third-order valence-electron chi connectivity index (χ3n) is 5.58. The molecule has 2 N–H and O–H groups in total. The molecule has 0 spiro atoms. The van der Waals surface area contributed by atoms with Gasteiger partial charge in [-0.25, -0.2) is 4.79 Å². The van der Waals surface area contributed by atoms with Crippen molar-refractivity contribution in [3.05, 3.63) is 64.8 Å². The van der Waals surface area contributed by atoms with Crippen LogP contribution < -0.4 is 10.1 Å². The molecule has 3 heterocycles. The summed E-state index contributed by atoms with van der Waals surface area (Å²) in [5.41, 5.74) is 1.31. The number of ether oxygens (including phenoxy) is 2. The number of fused-ring (bicyclic) bond motifs is 1. The molecule has 1 saturated heterocycles. The molecule has 35 heavy (non-hydrogen) atoms. The number of nitrogens with one attached hydrogen (secondary N) is 1. The summed E-state index contributed by atoms with van der Waals surface area (Å²) in [5.74, 6) is -1.61. The van der Waals surface area contributed by atoms with E-state index in [2.05, 4.69) is 12.2 Å². The predicted octanol–water partition coefficient (Wildman–Crippen LogP) is 2.34. The predicted molar refractivity (Wildman–Crippen MR) is 125 cm³/mol. The Morgan fingerprint density at radius 3 is 2.57 bits per heavy atom. The summed E-state index contributed by atoms with van der Waals surface area (Å²) in [6.07, 6.45) is 0.931. The summed E-state index contributed by atoms with van der Waals surface area (Å²) in [6.45, 7) is 3.20. The van der Waals surface area contributed by atoms with Crippen LogP contribution in [0.2, 0.25) is 0 Å². The minimum atomic E-state index is -1.30. The molecule has 0 bridgehead atoms. The Bertz CT molecular complexity index is 1190. The summed E-state index contributed by atoms with van der Waals surface area (Å²) in [7, 11) is 0. The van der Waals surface area contributed by atoms with Crippen LogP contribution in [0.15, 0.2) is 52.1 Å². The van der Waals surface area contributed by atoms with Gasteiger partial charge in [0.25, 0.3) is 11.8 Å². The van der Waals surface area contributed by atoms with Gasteiger partial charge in [0.15, 0.2) is 5.76 Å². The van der Waals surface area contributed by atoms with Crippen LogP contribution in [0.5, 0.6) is 5.75 Å². The Morgan fingerprint density at radius 1 is 1.17 bits per heavy atom. The van der Waals surface area contributed by atoms with Crippen LogP contribution in [0.25, 0.3) is 0 Å². The second-order valence-electron chi connectivity index (χ2n) is 7.95. The van der Waals surface area contributed by atoms with Gasteiger partial charge in [0.2, 0.25) is 0 Å². The van der Waals surface area contributed by atoms with Crippen molar-refractivity contribution in [3.8, 4) is 5.75 Å². The lowest BCUT2D eigenvalue weighted by Gasteiger charge is -2.49. The fourth-order valence-corrected chi connectivity index (χ4v) is 5.08. The van der Waals surface area contributed by atoms with Gasteiger partial charge in [0, 0.05) is 18.2 Å². The van der Waals surface area contributed by atoms with Gasteiger partial charge in [-0.05, 0) is 36.2 Å². The number of furan rings is 1. The molecule has 2 atom stereocenters.